The van der Waals surface area contributed by atoms with E-state index in [1.807, 2.05) is 60.7 Å². The van der Waals surface area contributed by atoms with Crippen LogP contribution in [0.2, 0.25) is 0 Å². The Kier molecular flexibility index (Phi) is 5.12. The van der Waals surface area contributed by atoms with Crippen LogP contribution in [0.25, 0.3) is 17.0 Å². The predicted molar refractivity (Wildman–Crippen MR) is 119 cm³/mol. The van der Waals surface area contributed by atoms with Crippen LogP contribution in [0.15, 0.2) is 73.1 Å². The summed E-state index contributed by atoms with van der Waals surface area (Å²) in [5.74, 6) is 0.0738. The number of hydrogen-bond donors (Lipinski definition) is 2. The van der Waals surface area contributed by atoms with Gasteiger partial charge in [-0.1, -0.05) is 65.9 Å². The zero-order valence-electron chi connectivity index (χ0n) is 17.5. The summed E-state index contributed by atoms with van der Waals surface area (Å²) in [7, 11) is 0. The largest absolute Gasteiger partial charge is 0.493 e. The average molecular weight is 426 g/mol. The molecular weight excluding hydrogens is 404 g/mol. The van der Waals surface area contributed by atoms with Crippen LogP contribution in [0.1, 0.15) is 35.7 Å². The second kappa shape index (κ2) is 8.24. The number of nitrogens with zero attached hydrogens (tertiary/aromatic N) is 6. The third-order valence-electron chi connectivity index (χ3n) is 5.30. The molecule has 1 atom stereocenters. The molecule has 0 aliphatic rings. The molecule has 0 aliphatic heterocycles. The van der Waals surface area contributed by atoms with E-state index in [2.05, 4.69) is 10.3 Å². The van der Waals surface area contributed by atoms with Gasteiger partial charge >= 0.3 is 0 Å². The lowest BCUT2D eigenvalue weighted by molar-refractivity contribution is 0.108. The Bertz CT molecular complexity index is 1360. The lowest BCUT2D eigenvalue weighted by Crippen LogP contribution is -2.03. The average Bonchev–Trinajstić information content (AvgIpc) is 3.42. The van der Waals surface area contributed by atoms with Crippen LogP contribution in [0.3, 0.4) is 0 Å². The maximum Gasteiger partial charge on any atom is 0.219 e. The topological polar surface area (TPSA) is 101 Å². The minimum absolute atomic E-state index is 0.0738. The summed E-state index contributed by atoms with van der Waals surface area (Å²) in [6, 6.07) is 19.9. The highest BCUT2D eigenvalue weighted by Crippen LogP contribution is 2.27. The van der Waals surface area contributed by atoms with E-state index in [1.165, 1.54) is 4.68 Å². The van der Waals surface area contributed by atoms with Crippen LogP contribution in [-0.4, -0.2) is 39.6 Å². The van der Waals surface area contributed by atoms with Crippen molar-refractivity contribution in [1.82, 2.24) is 29.4 Å². The molecule has 0 spiro atoms. The van der Waals surface area contributed by atoms with E-state index >= 15 is 0 Å². The van der Waals surface area contributed by atoms with E-state index < -0.39 is 6.23 Å². The SMILES string of the molecule is CC(O)n1cc(-c2cn3c(O)c(Cc4ccccc4)nc3c(Cc3ccccc3)n2)nn1. The van der Waals surface area contributed by atoms with Crippen LogP contribution in [0.4, 0.5) is 0 Å². The molecule has 0 radical (unpaired) electrons. The lowest BCUT2D eigenvalue weighted by Gasteiger charge is -2.07. The molecular formula is C24H22N6O2. The summed E-state index contributed by atoms with van der Waals surface area (Å²) in [4.78, 5) is 9.55. The van der Waals surface area contributed by atoms with Crippen molar-refractivity contribution in [2.45, 2.75) is 26.0 Å². The van der Waals surface area contributed by atoms with Crippen molar-refractivity contribution in [3.63, 3.8) is 0 Å². The third kappa shape index (κ3) is 3.83. The number of aromatic nitrogens is 6. The highest BCUT2D eigenvalue weighted by Gasteiger charge is 2.19. The number of aliphatic hydroxyl groups excluding tert-OH is 1. The molecule has 0 amide bonds. The molecule has 0 saturated carbocycles. The maximum absolute atomic E-state index is 11.0. The van der Waals surface area contributed by atoms with E-state index in [1.54, 1.807) is 23.7 Å². The molecule has 3 heterocycles. The fraction of sp³-hybridized carbons (Fsp3) is 0.167. The molecule has 32 heavy (non-hydrogen) atoms. The first-order chi connectivity index (χ1) is 15.6. The molecule has 1 unspecified atom stereocenters. The van der Waals surface area contributed by atoms with Crippen LogP contribution >= 0.6 is 0 Å². The van der Waals surface area contributed by atoms with Crippen molar-refractivity contribution < 1.29 is 10.2 Å². The molecule has 0 aliphatic carbocycles. The third-order valence-corrected chi connectivity index (χ3v) is 5.30. The number of rotatable bonds is 6. The van der Waals surface area contributed by atoms with Gasteiger partial charge in [-0.05, 0) is 18.1 Å². The molecule has 8 nitrogen and oxygen atoms in total. The molecule has 2 N–H and O–H groups in total. The van der Waals surface area contributed by atoms with Gasteiger partial charge in [0.05, 0.1) is 11.9 Å². The molecule has 0 fully saturated rings. The maximum atomic E-state index is 11.0. The van der Waals surface area contributed by atoms with Gasteiger partial charge in [-0.2, -0.15) is 0 Å². The van der Waals surface area contributed by atoms with E-state index in [4.69, 9.17) is 9.97 Å². The molecule has 8 heteroatoms. The molecule has 0 saturated heterocycles. The highest BCUT2D eigenvalue weighted by molar-refractivity contribution is 5.60. The van der Waals surface area contributed by atoms with Crippen LogP contribution in [0, 0.1) is 0 Å². The Labute approximate surface area is 184 Å². The number of aliphatic hydroxyl groups is 1. The second-order valence-electron chi connectivity index (χ2n) is 7.69. The van der Waals surface area contributed by atoms with Crippen LogP contribution in [0.5, 0.6) is 5.88 Å². The summed E-state index contributed by atoms with van der Waals surface area (Å²) >= 11 is 0. The predicted octanol–water partition coefficient (Wildman–Crippen LogP) is 3.39. The van der Waals surface area contributed by atoms with Gasteiger partial charge in [0.1, 0.15) is 23.3 Å². The first-order valence-electron chi connectivity index (χ1n) is 10.4. The van der Waals surface area contributed by atoms with Crippen molar-refractivity contribution in [2.24, 2.45) is 0 Å². The summed E-state index contributed by atoms with van der Waals surface area (Å²) in [5.41, 5.74) is 5.08. The minimum atomic E-state index is -0.803. The quantitative estimate of drug-likeness (QED) is 0.432. The van der Waals surface area contributed by atoms with Gasteiger partial charge in [0.15, 0.2) is 5.65 Å². The number of benzene rings is 2. The van der Waals surface area contributed by atoms with E-state index in [0.717, 1.165) is 16.8 Å². The van der Waals surface area contributed by atoms with Gasteiger partial charge in [0.2, 0.25) is 5.88 Å². The molecule has 3 aromatic heterocycles. The first kappa shape index (κ1) is 19.9. The van der Waals surface area contributed by atoms with E-state index in [-0.39, 0.29) is 5.88 Å². The van der Waals surface area contributed by atoms with Crippen molar-refractivity contribution in [3.8, 4) is 17.3 Å². The van der Waals surface area contributed by atoms with Gasteiger partial charge in [-0.3, -0.25) is 4.40 Å². The van der Waals surface area contributed by atoms with Gasteiger partial charge < -0.3 is 10.2 Å². The van der Waals surface area contributed by atoms with Gasteiger partial charge in [-0.25, -0.2) is 14.6 Å². The lowest BCUT2D eigenvalue weighted by atomic mass is 10.1. The smallest absolute Gasteiger partial charge is 0.219 e. The summed E-state index contributed by atoms with van der Waals surface area (Å²) in [6.07, 6.45) is 3.58. The van der Waals surface area contributed by atoms with E-state index in [0.29, 0.717) is 35.6 Å². The zero-order chi connectivity index (χ0) is 22.1. The first-order valence-corrected chi connectivity index (χ1v) is 10.4. The van der Waals surface area contributed by atoms with Crippen molar-refractivity contribution in [2.75, 3.05) is 0 Å². The van der Waals surface area contributed by atoms with E-state index in [9.17, 15) is 10.2 Å². The van der Waals surface area contributed by atoms with Crippen LogP contribution < -0.4 is 0 Å². The summed E-state index contributed by atoms with van der Waals surface area (Å²) < 4.78 is 3.01. The Morgan fingerprint density at radius 2 is 1.44 bits per heavy atom. The van der Waals surface area contributed by atoms with Crippen molar-refractivity contribution in [3.05, 3.63) is 95.6 Å². The fourth-order valence-corrected chi connectivity index (χ4v) is 3.66. The number of hydrogen-bond acceptors (Lipinski definition) is 6. The molecule has 160 valence electrons. The molecule has 5 rings (SSSR count). The second-order valence-corrected chi connectivity index (χ2v) is 7.69. The fourth-order valence-electron chi connectivity index (χ4n) is 3.66. The Morgan fingerprint density at radius 1 is 0.812 bits per heavy atom. The monoisotopic (exact) mass is 426 g/mol. The summed E-state index contributed by atoms with van der Waals surface area (Å²) in [5, 5.41) is 28.9. The van der Waals surface area contributed by atoms with Gasteiger partial charge in [0.25, 0.3) is 0 Å². The number of fused-ring (bicyclic) bond motifs is 1. The van der Waals surface area contributed by atoms with Crippen molar-refractivity contribution >= 4 is 5.65 Å². The minimum Gasteiger partial charge on any atom is -0.493 e. The Hall–Kier alpha value is -4.04. The molecule has 5 aromatic rings. The van der Waals surface area contributed by atoms with Gasteiger partial charge in [0, 0.05) is 19.0 Å². The Balaban J connectivity index is 1.64. The summed E-state index contributed by atoms with van der Waals surface area (Å²) in [6.45, 7) is 1.60. The van der Waals surface area contributed by atoms with Gasteiger partial charge in [-0.15, -0.1) is 5.10 Å². The normalized spacial score (nSPS) is 12.3. The standard InChI is InChI=1S/C24H22N6O2/c1-16(31)30-15-22(27-28-30)21-14-29-23(19(25-21)12-17-8-4-2-5-9-17)26-20(24(29)32)13-18-10-6-3-7-11-18/h2-11,14-16,31-32H,12-13H2,1H3. The van der Waals surface area contributed by atoms with Crippen LogP contribution in [-0.2, 0) is 12.8 Å². The zero-order valence-corrected chi connectivity index (χ0v) is 17.5. The highest BCUT2D eigenvalue weighted by atomic mass is 16.3. The van der Waals surface area contributed by atoms with Crippen molar-refractivity contribution in [1.29, 1.82) is 0 Å². The number of imidazole rings is 1. The number of aromatic hydroxyl groups is 1. The molecule has 0 bridgehead atoms. The Morgan fingerprint density at radius 3 is 2.03 bits per heavy atom. The molecule has 2 aromatic carbocycles.